The molecule has 0 bridgehead atoms. The van der Waals surface area contributed by atoms with Gasteiger partial charge < -0.3 is 10.2 Å². The van der Waals surface area contributed by atoms with Crippen molar-refractivity contribution in [1.29, 1.82) is 0 Å². The molecule has 1 unspecified atom stereocenters. The molecule has 0 saturated carbocycles. The van der Waals surface area contributed by atoms with Crippen molar-refractivity contribution in [3.05, 3.63) is 34.4 Å². The minimum atomic E-state index is -5.08. The molecule has 0 aliphatic carbocycles. The van der Waals surface area contributed by atoms with Crippen molar-refractivity contribution in [2.45, 2.75) is 25.4 Å². The zero-order valence-electron chi connectivity index (χ0n) is 9.80. The fraction of sp³-hybridized carbons (Fsp3) is 0.364. The molecule has 0 aliphatic heterocycles. The number of benzene rings is 1. The van der Waals surface area contributed by atoms with Crippen molar-refractivity contribution < 1.29 is 41.4 Å². The van der Waals surface area contributed by atoms with Gasteiger partial charge in [-0.15, -0.1) is 0 Å². The predicted molar refractivity (Wildman–Crippen MR) is 53.8 cm³/mol. The van der Waals surface area contributed by atoms with Gasteiger partial charge in [-0.2, -0.15) is 26.3 Å². The highest BCUT2D eigenvalue weighted by atomic mass is 19.4. The Kier molecular flexibility index (Phi) is 4.04. The van der Waals surface area contributed by atoms with E-state index in [1.807, 2.05) is 0 Å². The minimum absolute atomic E-state index is 0.108. The standard InChI is InChI=1S/C11H8F6O3/c1-4-5(10(12,13)14)2-3-6(11(15,16)17)7(4)8(18)9(19)20/h2-3,8,18H,1H3,(H,19,20). The monoisotopic (exact) mass is 302 g/mol. The van der Waals surface area contributed by atoms with Crippen LogP contribution in [0.5, 0.6) is 0 Å². The molecule has 1 aromatic carbocycles. The average molecular weight is 302 g/mol. The third-order valence-corrected chi connectivity index (χ3v) is 2.63. The number of carbonyl (C=O) groups is 1. The summed E-state index contributed by atoms with van der Waals surface area (Å²) in [5.74, 6) is -2.07. The van der Waals surface area contributed by atoms with Crippen molar-refractivity contribution in [1.82, 2.24) is 0 Å². The molecule has 9 heteroatoms. The number of aliphatic hydroxyl groups excluding tert-OH is 1. The number of halogens is 6. The molecule has 2 N–H and O–H groups in total. The largest absolute Gasteiger partial charge is 0.479 e. The van der Waals surface area contributed by atoms with E-state index < -0.39 is 46.7 Å². The van der Waals surface area contributed by atoms with E-state index >= 15 is 0 Å². The molecule has 3 nitrogen and oxygen atoms in total. The summed E-state index contributed by atoms with van der Waals surface area (Å²) in [6.45, 7) is 0.680. The fourth-order valence-electron chi connectivity index (χ4n) is 1.76. The van der Waals surface area contributed by atoms with E-state index in [-0.39, 0.29) is 12.1 Å². The van der Waals surface area contributed by atoms with Crippen LogP contribution in [0.25, 0.3) is 0 Å². The number of carboxylic acids is 1. The summed E-state index contributed by atoms with van der Waals surface area (Å²) >= 11 is 0. The molecule has 0 heterocycles. The highest BCUT2D eigenvalue weighted by Gasteiger charge is 2.41. The van der Waals surface area contributed by atoms with Gasteiger partial charge in [-0.3, -0.25) is 0 Å². The van der Waals surface area contributed by atoms with Gasteiger partial charge in [0.15, 0.2) is 6.10 Å². The summed E-state index contributed by atoms with van der Waals surface area (Å²) in [7, 11) is 0. The maximum atomic E-state index is 12.7. The van der Waals surface area contributed by atoms with Gasteiger partial charge in [-0.25, -0.2) is 4.79 Å². The van der Waals surface area contributed by atoms with Crippen molar-refractivity contribution >= 4 is 5.97 Å². The minimum Gasteiger partial charge on any atom is -0.479 e. The van der Waals surface area contributed by atoms with E-state index in [1.165, 1.54) is 0 Å². The lowest BCUT2D eigenvalue weighted by Crippen LogP contribution is -2.21. The SMILES string of the molecule is Cc1c(C(F)(F)F)ccc(C(F)(F)F)c1C(O)C(=O)O. The molecular formula is C11H8F6O3. The topological polar surface area (TPSA) is 57.5 Å². The van der Waals surface area contributed by atoms with Crippen molar-refractivity contribution in [2.24, 2.45) is 0 Å². The average Bonchev–Trinajstić information content (AvgIpc) is 2.24. The summed E-state index contributed by atoms with van der Waals surface area (Å²) in [4.78, 5) is 10.6. The normalized spacial score (nSPS) is 14.2. The first-order valence-corrected chi connectivity index (χ1v) is 5.06. The van der Waals surface area contributed by atoms with Gasteiger partial charge in [0.25, 0.3) is 0 Å². The fourth-order valence-corrected chi connectivity index (χ4v) is 1.76. The molecule has 0 aromatic heterocycles. The second-order valence-corrected chi connectivity index (χ2v) is 3.94. The number of alkyl halides is 6. The van der Waals surface area contributed by atoms with Gasteiger partial charge in [-0.1, -0.05) is 0 Å². The number of hydrogen-bond donors (Lipinski definition) is 2. The lowest BCUT2D eigenvalue weighted by Gasteiger charge is -2.21. The predicted octanol–water partition coefficient (Wildman–Crippen LogP) is 3.15. The third-order valence-electron chi connectivity index (χ3n) is 2.63. The lowest BCUT2D eigenvalue weighted by atomic mass is 9.92. The van der Waals surface area contributed by atoms with Gasteiger partial charge in [-0.05, 0) is 24.6 Å². The van der Waals surface area contributed by atoms with Gasteiger partial charge >= 0.3 is 18.3 Å². The Morgan fingerprint density at radius 2 is 1.45 bits per heavy atom. The van der Waals surface area contributed by atoms with Crippen molar-refractivity contribution in [2.75, 3.05) is 0 Å². The van der Waals surface area contributed by atoms with E-state index in [1.54, 1.807) is 0 Å². The number of aliphatic carboxylic acids is 1. The zero-order chi connectivity index (χ0) is 15.9. The molecule has 0 saturated heterocycles. The summed E-state index contributed by atoms with van der Waals surface area (Å²) in [6.07, 6.45) is -12.7. The van der Waals surface area contributed by atoms with Gasteiger partial charge in [0.1, 0.15) is 0 Å². The first kappa shape index (κ1) is 16.3. The molecule has 0 amide bonds. The Morgan fingerprint density at radius 1 is 1.05 bits per heavy atom. The Bertz CT molecular complexity index is 532. The Morgan fingerprint density at radius 3 is 1.80 bits per heavy atom. The highest BCUT2D eigenvalue weighted by Crippen LogP contribution is 2.41. The lowest BCUT2D eigenvalue weighted by molar-refractivity contribution is -0.150. The number of carboxylic acid groups (broad SMARTS) is 1. The van der Waals surface area contributed by atoms with Crippen LogP contribution >= 0.6 is 0 Å². The van der Waals surface area contributed by atoms with Crippen LogP contribution in [0, 0.1) is 6.92 Å². The molecule has 0 fully saturated rings. The Balaban J connectivity index is 3.68. The maximum Gasteiger partial charge on any atom is 0.416 e. The molecule has 0 aliphatic rings. The first-order valence-electron chi connectivity index (χ1n) is 5.06. The van der Waals surface area contributed by atoms with Crippen LogP contribution in [0.15, 0.2) is 12.1 Å². The first-order chi connectivity index (χ1) is 8.87. The highest BCUT2D eigenvalue weighted by molar-refractivity contribution is 5.75. The van der Waals surface area contributed by atoms with Gasteiger partial charge in [0.2, 0.25) is 0 Å². The summed E-state index contributed by atoms with van der Waals surface area (Å²) in [6, 6.07) is 0.313. The molecule has 0 radical (unpaired) electrons. The van der Waals surface area contributed by atoms with Crippen LogP contribution < -0.4 is 0 Å². The van der Waals surface area contributed by atoms with E-state index in [9.17, 15) is 36.2 Å². The molecule has 1 rings (SSSR count). The van der Waals surface area contributed by atoms with Crippen LogP contribution in [0.2, 0.25) is 0 Å². The van der Waals surface area contributed by atoms with Crippen LogP contribution in [-0.4, -0.2) is 16.2 Å². The van der Waals surface area contributed by atoms with Gasteiger partial charge in [0, 0.05) is 5.56 Å². The van der Waals surface area contributed by atoms with Gasteiger partial charge in [0.05, 0.1) is 11.1 Å². The number of rotatable bonds is 2. The summed E-state index contributed by atoms with van der Waals surface area (Å²) in [5, 5.41) is 17.8. The van der Waals surface area contributed by atoms with E-state index in [2.05, 4.69) is 0 Å². The number of hydrogen-bond acceptors (Lipinski definition) is 2. The molecule has 112 valence electrons. The molecule has 1 aromatic rings. The second kappa shape index (κ2) is 4.97. The molecule has 20 heavy (non-hydrogen) atoms. The quantitative estimate of drug-likeness (QED) is 0.825. The van der Waals surface area contributed by atoms with E-state index in [4.69, 9.17) is 5.11 Å². The second-order valence-electron chi connectivity index (χ2n) is 3.94. The van der Waals surface area contributed by atoms with Crippen LogP contribution in [0.3, 0.4) is 0 Å². The molecule has 1 atom stereocenters. The zero-order valence-corrected chi connectivity index (χ0v) is 9.80. The van der Waals surface area contributed by atoms with Crippen molar-refractivity contribution in [3.8, 4) is 0 Å². The molecule has 0 spiro atoms. The van der Waals surface area contributed by atoms with E-state index in [0.717, 1.165) is 0 Å². The Hall–Kier alpha value is -1.77. The maximum absolute atomic E-state index is 12.7. The van der Waals surface area contributed by atoms with E-state index in [0.29, 0.717) is 6.92 Å². The van der Waals surface area contributed by atoms with Crippen LogP contribution in [0.4, 0.5) is 26.3 Å². The smallest absolute Gasteiger partial charge is 0.416 e. The molecular weight excluding hydrogens is 294 g/mol. The summed E-state index contributed by atoms with van der Waals surface area (Å²) < 4.78 is 75.9. The van der Waals surface area contributed by atoms with Crippen molar-refractivity contribution in [3.63, 3.8) is 0 Å². The Labute approximate surface area is 108 Å². The number of aliphatic hydroxyl groups is 1. The third kappa shape index (κ3) is 3.03. The van der Waals surface area contributed by atoms with Crippen LogP contribution in [-0.2, 0) is 17.1 Å². The van der Waals surface area contributed by atoms with Crippen LogP contribution in [0.1, 0.15) is 28.4 Å². The summed E-state index contributed by atoms with van der Waals surface area (Å²) in [5.41, 5.74) is -5.32.